The van der Waals surface area contributed by atoms with Gasteiger partial charge in [-0.2, -0.15) is 0 Å². The van der Waals surface area contributed by atoms with E-state index in [0.29, 0.717) is 13.1 Å². The number of H-pyrrole nitrogens is 1. The van der Waals surface area contributed by atoms with Crippen LogP contribution in [0.1, 0.15) is 42.3 Å². The van der Waals surface area contributed by atoms with Gasteiger partial charge in [-0.1, -0.05) is 18.2 Å². The molecule has 6 nitrogen and oxygen atoms in total. The second-order valence-corrected chi connectivity index (χ2v) is 7.77. The summed E-state index contributed by atoms with van der Waals surface area (Å²) >= 11 is 0. The summed E-state index contributed by atoms with van der Waals surface area (Å²) in [4.78, 5) is 30.4. The zero-order valence-corrected chi connectivity index (χ0v) is 15.6. The highest BCUT2D eigenvalue weighted by molar-refractivity contribution is 5.90. The number of nitrogens with zero attached hydrogens (tertiary/aromatic N) is 1. The van der Waals surface area contributed by atoms with Crippen LogP contribution in [0.2, 0.25) is 0 Å². The molecule has 0 radical (unpaired) electrons. The van der Waals surface area contributed by atoms with Gasteiger partial charge in [-0.25, -0.2) is 0 Å². The van der Waals surface area contributed by atoms with E-state index in [1.807, 2.05) is 12.1 Å². The Labute approximate surface area is 162 Å². The number of aromatic nitrogens is 1. The lowest BCUT2D eigenvalue weighted by molar-refractivity contribution is -0.129. The fourth-order valence-corrected chi connectivity index (χ4v) is 4.54. The molecule has 0 saturated carbocycles. The Bertz CT molecular complexity index is 1020. The number of hydrogen-bond donors (Lipinski definition) is 2. The maximum Gasteiger partial charge on any atom is 0.225 e. The van der Waals surface area contributed by atoms with Crippen LogP contribution in [-0.2, 0) is 22.6 Å². The van der Waals surface area contributed by atoms with E-state index in [9.17, 15) is 9.59 Å². The third-order valence-corrected chi connectivity index (χ3v) is 5.94. The topological polar surface area (TPSA) is 78.3 Å². The molecule has 144 valence electrons. The van der Waals surface area contributed by atoms with Gasteiger partial charge in [0.25, 0.3) is 0 Å². The summed E-state index contributed by atoms with van der Waals surface area (Å²) < 4.78 is 5.33. The van der Waals surface area contributed by atoms with Crippen LogP contribution in [0.25, 0.3) is 10.9 Å². The molecule has 2 atom stereocenters. The van der Waals surface area contributed by atoms with Crippen molar-refractivity contribution < 1.29 is 14.0 Å². The number of nitrogens with one attached hydrogen (secondary N) is 2. The summed E-state index contributed by atoms with van der Waals surface area (Å²) in [5.41, 5.74) is 3.56. The lowest BCUT2D eigenvalue weighted by atomic mass is 9.91. The zero-order chi connectivity index (χ0) is 19.1. The van der Waals surface area contributed by atoms with E-state index in [4.69, 9.17) is 4.42 Å². The fraction of sp³-hybridized carbons (Fsp3) is 0.364. The molecule has 1 aliphatic heterocycles. The van der Waals surface area contributed by atoms with Crippen molar-refractivity contribution in [2.45, 2.75) is 38.3 Å². The van der Waals surface area contributed by atoms with Gasteiger partial charge in [-0.15, -0.1) is 0 Å². The van der Waals surface area contributed by atoms with Gasteiger partial charge in [0.15, 0.2) is 0 Å². The number of para-hydroxylation sites is 1. The number of hydrogen-bond acceptors (Lipinski definition) is 3. The van der Waals surface area contributed by atoms with Gasteiger partial charge in [0.05, 0.1) is 24.8 Å². The largest absolute Gasteiger partial charge is 0.467 e. The average molecular weight is 377 g/mol. The number of amides is 2. The Morgan fingerprint density at radius 2 is 2.14 bits per heavy atom. The molecule has 0 spiro atoms. The van der Waals surface area contributed by atoms with Crippen LogP contribution >= 0.6 is 0 Å². The Morgan fingerprint density at radius 3 is 3.00 bits per heavy atom. The van der Waals surface area contributed by atoms with E-state index >= 15 is 0 Å². The summed E-state index contributed by atoms with van der Waals surface area (Å²) in [7, 11) is 0. The molecule has 28 heavy (non-hydrogen) atoms. The van der Waals surface area contributed by atoms with E-state index < -0.39 is 0 Å². The highest BCUT2D eigenvalue weighted by Crippen LogP contribution is 2.35. The summed E-state index contributed by atoms with van der Waals surface area (Å²) in [6, 6.07) is 11.9. The lowest BCUT2D eigenvalue weighted by Gasteiger charge is -2.25. The van der Waals surface area contributed by atoms with E-state index in [1.54, 1.807) is 17.2 Å². The number of aromatic amines is 1. The monoisotopic (exact) mass is 377 g/mol. The predicted molar refractivity (Wildman–Crippen MR) is 104 cm³/mol. The maximum atomic E-state index is 12.9. The van der Waals surface area contributed by atoms with Crippen LogP contribution in [0.3, 0.4) is 0 Å². The average Bonchev–Trinajstić information content (AvgIpc) is 3.42. The molecule has 1 aromatic carbocycles. The molecule has 2 aromatic heterocycles. The minimum absolute atomic E-state index is 0.00601. The molecule has 3 aromatic rings. The Kier molecular flexibility index (Phi) is 4.19. The normalized spacial score (nSPS) is 21.9. The summed E-state index contributed by atoms with van der Waals surface area (Å²) in [6.45, 7) is 0.864. The van der Waals surface area contributed by atoms with Gasteiger partial charge < -0.3 is 19.6 Å². The van der Waals surface area contributed by atoms with Gasteiger partial charge in [0.2, 0.25) is 11.8 Å². The lowest BCUT2D eigenvalue weighted by Crippen LogP contribution is -2.36. The van der Waals surface area contributed by atoms with E-state index in [0.717, 1.165) is 36.2 Å². The Balaban J connectivity index is 1.30. The van der Waals surface area contributed by atoms with Crippen LogP contribution in [-0.4, -0.2) is 28.2 Å². The number of rotatable bonds is 4. The predicted octanol–water partition coefficient (Wildman–Crippen LogP) is 3.30. The van der Waals surface area contributed by atoms with Crippen molar-refractivity contribution in [2.24, 2.45) is 5.92 Å². The van der Waals surface area contributed by atoms with Crippen molar-refractivity contribution in [3.8, 4) is 0 Å². The highest BCUT2D eigenvalue weighted by atomic mass is 16.3. The molecule has 1 fully saturated rings. The second-order valence-electron chi connectivity index (χ2n) is 7.77. The number of fused-ring (bicyclic) bond motifs is 3. The number of likely N-dealkylation sites (tertiary alicyclic amines) is 1. The van der Waals surface area contributed by atoms with Gasteiger partial charge in [0, 0.05) is 29.6 Å². The molecule has 0 unspecified atom stereocenters. The number of benzene rings is 1. The van der Waals surface area contributed by atoms with Crippen molar-refractivity contribution >= 4 is 22.7 Å². The van der Waals surface area contributed by atoms with Crippen molar-refractivity contribution in [3.05, 3.63) is 59.7 Å². The van der Waals surface area contributed by atoms with Gasteiger partial charge in [0.1, 0.15) is 5.76 Å². The minimum atomic E-state index is -0.308. The van der Waals surface area contributed by atoms with E-state index in [-0.39, 0.29) is 30.2 Å². The van der Waals surface area contributed by atoms with Crippen molar-refractivity contribution in [2.75, 3.05) is 6.54 Å². The third kappa shape index (κ3) is 2.99. The van der Waals surface area contributed by atoms with Crippen LogP contribution in [0.5, 0.6) is 0 Å². The molecule has 0 bridgehead atoms. The first-order valence-electron chi connectivity index (χ1n) is 9.89. The summed E-state index contributed by atoms with van der Waals surface area (Å²) in [5.74, 6) is 0.403. The van der Waals surface area contributed by atoms with Crippen LogP contribution in [0.15, 0.2) is 47.1 Å². The standard InChI is InChI=1S/C22H23N3O3/c26-20-11-14(12-25(20)13-15-5-4-10-28-15)22(27)24-19-9-3-7-17-16-6-1-2-8-18(16)23-21(17)19/h1-2,4-6,8,10,14,19,23H,3,7,9,11-13H2,(H,24,27)/t14-,19+/m1/s1. The van der Waals surface area contributed by atoms with Crippen LogP contribution in [0, 0.1) is 5.92 Å². The Morgan fingerprint density at radius 1 is 1.25 bits per heavy atom. The smallest absolute Gasteiger partial charge is 0.225 e. The highest BCUT2D eigenvalue weighted by Gasteiger charge is 2.36. The first kappa shape index (κ1) is 17.1. The van der Waals surface area contributed by atoms with Crippen molar-refractivity contribution in [1.82, 2.24) is 15.2 Å². The van der Waals surface area contributed by atoms with Gasteiger partial charge >= 0.3 is 0 Å². The minimum Gasteiger partial charge on any atom is -0.467 e. The molecular formula is C22H23N3O3. The van der Waals surface area contributed by atoms with Gasteiger partial charge in [-0.3, -0.25) is 9.59 Å². The van der Waals surface area contributed by atoms with Gasteiger partial charge in [-0.05, 0) is 43.0 Å². The summed E-state index contributed by atoms with van der Waals surface area (Å²) in [5, 5.41) is 4.45. The summed E-state index contributed by atoms with van der Waals surface area (Å²) in [6.07, 6.45) is 4.86. The molecule has 6 heteroatoms. The number of furan rings is 1. The first-order valence-corrected chi connectivity index (χ1v) is 9.89. The molecule has 3 heterocycles. The maximum absolute atomic E-state index is 12.9. The fourth-order valence-electron chi connectivity index (χ4n) is 4.54. The first-order chi connectivity index (χ1) is 13.7. The van der Waals surface area contributed by atoms with Crippen LogP contribution in [0.4, 0.5) is 0 Å². The quantitative estimate of drug-likeness (QED) is 0.732. The van der Waals surface area contributed by atoms with Crippen LogP contribution < -0.4 is 5.32 Å². The molecule has 1 saturated heterocycles. The number of carbonyl (C=O) groups excluding carboxylic acids is 2. The molecule has 5 rings (SSSR count). The second kappa shape index (κ2) is 6.86. The molecule has 1 aliphatic carbocycles. The van der Waals surface area contributed by atoms with E-state index in [1.165, 1.54) is 10.9 Å². The van der Waals surface area contributed by atoms with Crippen molar-refractivity contribution in [1.29, 1.82) is 0 Å². The van der Waals surface area contributed by atoms with E-state index in [2.05, 4.69) is 28.5 Å². The third-order valence-electron chi connectivity index (χ3n) is 5.94. The molecule has 2 N–H and O–H groups in total. The zero-order valence-electron chi connectivity index (χ0n) is 15.6. The molecule has 2 aliphatic rings. The number of aryl methyl sites for hydroxylation is 1. The van der Waals surface area contributed by atoms with Crippen molar-refractivity contribution in [3.63, 3.8) is 0 Å². The molecule has 2 amide bonds. The Hall–Kier alpha value is -3.02. The SMILES string of the molecule is O=C(N[C@H]1CCCc2c1[nH]c1ccccc21)[C@@H]1CC(=O)N(Cc2ccco2)C1. The molecular weight excluding hydrogens is 354 g/mol. The number of carbonyl (C=O) groups is 2.